The first-order valence-corrected chi connectivity index (χ1v) is 4.52. The Morgan fingerprint density at radius 3 is 2.87 bits per heavy atom. The molecule has 6 heteroatoms. The van der Waals surface area contributed by atoms with E-state index >= 15 is 0 Å². The average molecular weight is 207 g/mol. The summed E-state index contributed by atoms with van der Waals surface area (Å²) in [4.78, 5) is 0. The van der Waals surface area contributed by atoms with Crippen LogP contribution in [0.2, 0.25) is 0 Å². The normalized spacial score (nSPS) is 10.5. The van der Waals surface area contributed by atoms with Gasteiger partial charge >= 0.3 is 0 Å². The molecule has 0 fully saturated rings. The van der Waals surface area contributed by atoms with Gasteiger partial charge in [0.15, 0.2) is 5.82 Å². The topological polar surface area (TPSA) is 66.5 Å². The van der Waals surface area contributed by atoms with Crippen molar-refractivity contribution < 1.29 is 4.39 Å². The molecule has 1 heterocycles. The summed E-state index contributed by atoms with van der Waals surface area (Å²) in [5.74, 6) is 0.351. The third-order valence-electron chi connectivity index (χ3n) is 1.95. The van der Waals surface area contributed by atoms with Crippen LogP contribution in [-0.4, -0.2) is 20.6 Å². The summed E-state index contributed by atoms with van der Waals surface area (Å²) in [5, 5.41) is 16.3. The highest BCUT2D eigenvalue weighted by Crippen LogP contribution is 2.05. The van der Waals surface area contributed by atoms with E-state index in [-0.39, 0.29) is 5.82 Å². The van der Waals surface area contributed by atoms with Gasteiger partial charge in [-0.25, -0.2) is 4.39 Å². The van der Waals surface area contributed by atoms with Gasteiger partial charge in [-0.2, -0.15) is 5.21 Å². The van der Waals surface area contributed by atoms with Crippen LogP contribution in [-0.2, 0) is 13.1 Å². The van der Waals surface area contributed by atoms with Crippen molar-refractivity contribution in [3.8, 4) is 0 Å². The maximum atomic E-state index is 13.2. The number of H-pyrrole nitrogens is 1. The largest absolute Gasteiger partial charge is 0.305 e. The minimum atomic E-state index is -0.210. The first-order chi connectivity index (χ1) is 7.36. The van der Waals surface area contributed by atoms with E-state index in [1.165, 1.54) is 6.07 Å². The maximum Gasteiger partial charge on any atom is 0.188 e. The fourth-order valence-corrected chi connectivity index (χ4v) is 1.21. The van der Waals surface area contributed by atoms with Gasteiger partial charge in [0.25, 0.3) is 0 Å². The highest BCUT2D eigenvalue weighted by molar-refractivity contribution is 5.16. The summed E-state index contributed by atoms with van der Waals surface area (Å²) in [6, 6.07) is 6.64. The number of aromatic nitrogens is 4. The van der Waals surface area contributed by atoms with Crippen LogP contribution in [0.15, 0.2) is 24.3 Å². The van der Waals surface area contributed by atoms with Gasteiger partial charge in [-0.05, 0) is 6.07 Å². The molecule has 0 spiro atoms. The molecule has 0 amide bonds. The van der Waals surface area contributed by atoms with Gasteiger partial charge in [0.1, 0.15) is 5.82 Å². The first kappa shape index (κ1) is 9.72. The second-order valence-corrected chi connectivity index (χ2v) is 3.02. The number of halogens is 1. The standard InChI is InChI=1S/C9H10FN5/c10-8-4-2-1-3-7(8)5-11-6-9-12-14-15-13-9/h1-4,11H,5-6H2,(H,12,13,14,15). The van der Waals surface area contributed by atoms with Crippen molar-refractivity contribution in [1.82, 2.24) is 25.9 Å². The molecule has 0 aliphatic heterocycles. The Balaban J connectivity index is 1.86. The van der Waals surface area contributed by atoms with Crippen molar-refractivity contribution in [2.75, 3.05) is 0 Å². The van der Waals surface area contributed by atoms with Gasteiger partial charge in [0, 0.05) is 12.1 Å². The molecule has 0 unspecified atom stereocenters. The highest BCUT2D eigenvalue weighted by Gasteiger charge is 2.01. The summed E-state index contributed by atoms with van der Waals surface area (Å²) in [7, 11) is 0. The van der Waals surface area contributed by atoms with Crippen molar-refractivity contribution in [3.05, 3.63) is 41.5 Å². The average Bonchev–Trinajstić information content (AvgIpc) is 2.74. The number of benzene rings is 1. The van der Waals surface area contributed by atoms with E-state index in [9.17, 15) is 4.39 Å². The number of tetrazole rings is 1. The summed E-state index contributed by atoms with van der Waals surface area (Å²) >= 11 is 0. The van der Waals surface area contributed by atoms with Crippen LogP contribution in [0.5, 0.6) is 0 Å². The molecule has 5 nitrogen and oxygen atoms in total. The Morgan fingerprint density at radius 1 is 1.27 bits per heavy atom. The lowest BCUT2D eigenvalue weighted by atomic mass is 10.2. The first-order valence-electron chi connectivity index (χ1n) is 4.52. The van der Waals surface area contributed by atoms with E-state index < -0.39 is 0 Å². The Bertz CT molecular complexity index is 414. The van der Waals surface area contributed by atoms with Gasteiger partial charge in [0.05, 0.1) is 6.54 Å². The molecule has 15 heavy (non-hydrogen) atoms. The minimum absolute atomic E-state index is 0.210. The second-order valence-electron chi connectivity index (χ2n) is 3.02. The monoisotopic (exact) mass is 207 g/mol. The van der Waals surface area contributed by atoms with Crippen LogP contribution < -0.4 is 5.32 Å². The molecular weight excluding hydrogens is 197 g/mol. The molecular formula is C9H10FN5. The fraction of sp³-hybridized carbons (Fsp3) is 0.222. The summed E-state index contributed by atoms with van der Waals surface area (Å²) in [6.07, 6.45) is 0. The number of aromatic amines is 1. The number of hydrogen-bond donors (Lipinski definition) is 2. The third-order valence-corrected chi connectivity index (χ3v) is 1.95. The lowest BCUT2D eigenvalue weighted by Gasteiger charge is -2.02. The van der Waals surface area contributed by atoms with Crippen LogP contribution in [0, 0.1) is 5.82 Å². The highest BCUT2D eigenvalue weighted by atomic mass is 19.1. The molecule has 0 saturated carbocycles. The zero-order valence-electron chi connectivity index (χ0n) is 7.94. The van der Waals surface area contributed by atoms with Crippen molar-refractivity contribution >= 4 is 0 Å². The van der Waals surface area contributed by atoms with Crippen LogP contribution >= 0.6 is 0 Å². The molecule has 1 aromatic carbocycles. The summed E-state index contributed by atoms with van der Waals surface area (Å²) < 4.78 is 13.2. The molecule has 0 atom stereocenters. The zero-order chi connectivity index (χ0) is 10.5. The summed E-state index contributed by atoms with van der Waals surface area (Å²) in [5.41, 5.74) is 0.626. The second kappa shape index (κ2) is 4.61. The molecule has 2 rings (SSSR count). The van der Waals surface area contributed by atoms with E-state index in [2.05, 4.69) is 25.9 Å². The van der Waals surface area contributed by atoms with Gasteiger partial charge in [-0.15, -0.1) is 10.2 Å². The Hall–Kier alpha value is -1.82. The molecule has 0 aliphatic rings. The lowest BCUT2D eigenvalue weighted by molar-refractivity contribution is 0.583. The molecule has 2 aromatic rings. The number of rotatable bonds is 4. The molecule has 0 saturated heterocycles. The van der Waals surface area contributed by atoms with Crippen molar-refractivity contribution in [3.63, 3.8) is 0 Å². The Morgan fingerprint density at radius 2 is 2.13 bits per heavy atom. The number of hydrogen-bond acceptors (Lipinski definition) is 4. The molecule has 0 radical (unpaired) electrons. The quantitative estimate of drug-likeness (QED) is 0.771. The predicted molar refractivity (Wildman–Crippen MR) is 51.1 cm³/mol. The van der Waals surface area contributed by atoms with Crippen LogP contribution in [0.3, 0.4) is 0 Å². The lowest BCUT2D eigenvalue weighted by Crippen LogP contribution is -2.14. The van der Waals surface area contributed by atoms with Crippen molar-refractivity contribution in [1.29, 1.82) is 0 Å². The molecule has 0 aliphatic carbocycles. The third kappa shape index (κ3) is 2.57. The van der Waals surface area contributed by atoms with Gasteiger partial charge in [-0.1, -0.05) is 23.4 Å². The predicted octanol–water partition coefficient (Wildman–Crippen LogP) is 0.629. The molecule has 78 valence electrons. The molecule has 1 aromatic heterocycles. The molecule has 0 bridgehead atoms. The van der Waals surface area contributed by atoms with E-state index in [0.29, 0.717) is 24.5 Å². The smallest absolute Gasteiger partial charge is 0.188 e. The van der Waals surface area contributed by atoms with Crippen molar-refractivity contribution in [2.24, 2.45) is 0 Å². The van der Waals surface area contributed by atoms with E-state index in [0.717, 1.165) is 0 Å². The van der Waals surface area contributed by atoms with E-state index in [1.807, 2.05) is 0 Å². The summed E-state index contributed by atoms with van der Waals surface area (Å²) in [6.45, 7) is 0.909. The zero-order valence-corrected chi connectivity index (χ0v) is 7.94. The number of nitrogens with zero attached hydrogens (tertiary/aromatic N) is 3. The number of nitrogens with one attached hydrogen (secondary N) is 2. The molecule has 2 N–H and O–H groups in total. The van der Waals surface area contributed by atoms with Crippen molar-refractivity contribution in [2.45, 2.75) is 13.1 Å². The van der Waals surface area contributed by atoms with Gasteiger partial charge < -0.3 is 5.32 Å². The fourth-order valence-electron chi connectivity index (χ4n) is 1.21. The Kier molecular flexibility index (Phi) is 2.99. The van der Waals surface area contributed by atoms with E-state index in [4.69, 9.17) is 0 Å². The van der Waals surface area contributed by atoms with Crippen LogP contribution in [0.4, 0.5) is 4.39 Å². The SMILES string of the molecule is Fc1ccccc1CNCc1nn[nH]n1. The van der Waals surface area contributed by atoms with Gasteiger partial charge in [-0.3, -0.25) is 0 Å². The van der Waals surface area contributed by atoms with E-state index in [1.54, 1.807) is 18.2 Å². The Labute approximate surface area is 85.7 Å². The van der Waals surface area contributed by atoms with Gasteiger partial charge in [0.2, 0.25) is 0 Å². The minimum Gasteiger partial charge on any atom is -0.305 e. The van der Waals surface area contributed by atoms with Crippen LogP contribution in [0.25, 0.3) is 0 Å². The maximum absolute atomic E-state index is 13.2. The van der Waals surface area contributed by atoms with Crippen LogP contribution in [0.1, 0.15) is 11.4 Å².